The first kappa shape index (κ1) is 20.0. The Morgan fingerprint density at radius 1 is 1.15 bits per heavy atom. The van der Waals surface area contributed by atoms with Crippen molar-refractivity contribution in [3.63, 3.8) is 0 Å². The second kappa shape index (κ2) is 8.36. The lowest BCUT2D eigenvalue weighted by atomic mass is 10.1. The van der Waals surface area contributed by atoms with Gasteiger partial charge < -0.3 is 5.32 Å². The zero-order valence-electron chi connectivity index (χ0n) is 15.7. The number of aryl methyl sites for hydroxylation is 2. The first-order chi connectivity index (χ1) is 12.2. The number of hydrogen-bond acceptors (Lipinski definition) is 3. The van der Waals surface area contributed by atoms with Crippen LogP contribution in [0.15, 0.2) is 48.5 Å². The minimum atomic E-state index is -3.33. The number of hydrogen-bond donors (Lipinski definition) is 1. The third-order valence-corrected chi connectivity index (χ3v) is 5.57. The summed E-state index contributed by atoms with van der Waals surface area (Å²) in [6.45, 7) is 3.78. The van der Waals surface area contributed by atoms with Crippen LogP contribution >= 0.6 is 0 Å². The Kier molecular flexibility index (Phi) is 6.42. The molecule has 26 heavy (non-hydrogen) atoms. The highest BCUT2D eigenvalue weighted by molar-refractivity contribution is 7.92. The monoisotopic (exact) mass is 374 g/mol. The van der Waals surface area contributed by atoms with E-state index in [0.29, 0.717) is 11.3 Å². The molecule has 0 radical (unpaired) electrons. The van der Waals surface area contributed by atoms with E-state index < -0.39 is 10.0 Å². The maximum absolute atomic E-state index is 12.5. The fraction of sp³-hybridized carbons (Fsp3) is 0.350. The molecular formula is C20H26N2O3S. The van der Waals surface area contributed by atoms with Crippen molar-refractivity contribution in [1.82, 2.24) is 5.32 Å². The van der Waals surface area contributed by atoms with Crippen LogP contribution in [0.5, 0.6) is 0 Å². The van der Waals surface area contributed by atoms with Crippen molar-refractivity contribution >= 4 is 21.6 Å². The smallest absolute Gasteiger partial charge is 0.251 e. The van der Waals surface area contributed by atoms with Crippen LogP contribution in [0, 0.1) is 6.92 Å². The number of carbonyl (C=O) groups is 1. The Bertz CT molecular complexity index is 864. The van der Waals surface area contributed by atoms with Crippen LogP contribution < -0.4 is 9.62 Å². The third kappa shape index (κ3) is 5.33. The lowest BCUT2D eigenvalue weighted by Gasteiger charge is -2.20. The zero-order chi connectivity index (χ0) is 19.3. The number of amides is 1. The molecule has 0 aliphatic heterocycles. The van der Waals surface area contributed by atoms with E-state index in [0.717, 1.165) is 24.7 Å². The van der Waals surface area contributed by atoms with Gasteiger partial charge in [0, 0.05) is 18.7 Å². The standard InChI is InChI=1S/C20H26N2O3S/c1-15-14-18(12-13-19(15)22(3)26(4,24)25)20(23)21-16(2)10-11-17-8-6-5-7-9-17/h5-9,12-14,16H,10-11H2,1-4H3,(H,21,23)/t16-/m0/s1. The highest BCUT2D eigenvalue weighted by atomic mass is 32.2. The first-order valence-electron chi connectivity index (χ1n) is 8.58. The van der Waals surface area contributed by atoms with Gasteiger partial charge in [-0.05, 0) is 56.0 Å². The predicted octanol–water partition coefficient (Wildman–Crippen LogP) is 3.14. The van der Waals surface area contributed by atoms with Gasteiger partial charge >= 0.3 is 0 Å². The predicted molar refractivity (Wildman–Crippen MR) is 106 cm³/mol. The molecule has 0 fully saturated rings. The van der Waals surface area contributed by atoms with Gasteiger partial charge in [0.25, 0.3) is 5.91 Å². The second-order valence-corrected chi connectivity index (χ2v) is 8.64. The van der Waals surface area contributed by atoms with Crippen LogP contribution in [-0.2, 0) is 16.4 Å². The minimum absolute atomic E-state index is 0.0429. The SMILES string of the molecule is Cc1cc(C(=O)N[C@@H](C)CCc2ccccc2)ccc1N(C)S(C)(=O)=O. The number of rotatable bonds is 7. The average Bonchev–Trinajstić information content (AvgIpc) is 2.59. The third-order valence-electron chi connectivity index (χ3n) is 4.38. The number of benzene rings is 2. The van der Waals surface area contributed by atoms with Crippen molar-refractivity contribution < 1.29 is 13.2 Å². The second-order valence-electron chi connectivity index (χ2n) is 6.63. The Morgan fingerprint density at radius 2 is 1.81 bits per heavy atom. The molecule has 0 spiro atoms. The van der Waals surface area contributed by atoms with E-state index in [-0.39, 0.29) is 11.9 Å². The highest BCUT2D eigenvalue weighted by Crippen LogP contribution is 2.22. The van der Waals surface area contributed by atoms with Gasteiger partial charge in [0.2, 0.25) is 10.0 Å². The number of sulfonamides is 1. The fourth-order valence-electron chi connectivity index (χ4n) is 2.74. The fourth-order valence-corrected chi connectivity index (χ4v) is 3.30. The molecule has 0 unspecified atom stereocenters. The van der Waals surface area contributed by atoms with Crippen molar-refractivity contribution in [1.29, 1.82) is 0 Å². The molecule has 0 heterocycles. The van der Waals surface area contributed by atoms with Crippen molar-refractivity contribution in [2.45, 2.75) is 32.7 Å². The first-order valence-corrected chi connectivity index (χ1v) is 10.4. The Hall–Kier alpha value is -2.34. The van der Waals surface area contributed by atoms with Gasteiger partial charge in [0.05, 0.1) is 11.9 Å². The van der Waals surface area contributed by atoms with Crippen LogP contribution in [0.4, 0.5) is 5.69 Å². The van der Waals surface area contributed by atoms with Gasteiger partial charge in [-0.2, -0.15) is 0 Å². The van der Waals surface area contributed by atoms with Crippen molar-refractivity contribution in [3.05, 3.63) is 65.2 Å². The maximum atomic E-state index is 12.5. The van der Waals surface area contributed by atoms with Gasteiger partial charge in [-0.25, -0.2) is 8.42 Å². The summed E-state index contributed by atoms with van der Waals surface area (Å²) in [5.41, 5.74) is 3.08. The summed E-state index contributed by atoms with van der Waals surface area (Å²) in [6.07, 6.45) is 2.91. The van der Waals surface area contributed by atoms with Gasteiger partial charge in [-0.3, -0.25) is 9.10 Å². The summed E-state index contributed by atoms with van der Waals surface area (Å²) in [4.78, 5) is 12.5. The lowest BCUT2D eigenvalue weighted by molar-refractivity contribution is 0.0938. The van der Waals surface area contributed by atoms with E-state index in [1.54, 1.807) is 25.1 Å². The van der Waals surface area contributed by atoms with Crippen LogP contribution in [0.1, 0.15) is 34.8 Å². The number of nitrogens with zero attached hydrogens (tertiary/aromatic N) is 1. The summed E-state index contributed by atoms with van der Waals surface area (Å²) in [7, 11) is -1.83. The van der Waals surface area contributed by atoms with Crippen molar-refractivity contribution in [3.8, 4) is 0 Å². The molecule has 2 aromatic rings. The molecule has 2 aromatic carbocycles. The Morgan fingerprint density at radius 3 is 2.38 bits per heavy atom. The van der Waals surface area contributed by atoms with E-state index in [9.17, 15) is 13.2 Å². The van der Waals surface area contributed by atoms with Crippen molar-refractivity contribution in [2.75, 3.05) is 17.6 Å². The zero-order valence-corrected chi connectivity index (χ0v) is 16.5. The molecule has 0 saturated carbocycles. The summed E-state index contributed by atoms with van der Waals surface area (Å²) in [5, 5.41) is 3.00. The summed E-state index contributed by atoms with van der Waals surface area (Å²) in [5.74, 6) is -0.151. The molecule has 0 bridgehead atoms. The molecule has 5 nitrogen and oxygen atoms in total. The number of carbonyl (C=O) groups excluding carboxylic acids is 1. The van der Waals surface area contributed by atoms with E-state index in [1.807, 2.05) is 25.1 Å². The van der Waals surface area contributed by atoms with E-state index in [2.05, 4.69) is 17.4 Å². The minimum Gasteiger partial charge on any atom is -0.350 e. The Balaban J connectivity index is 2.00. The van der Waals surface area contributed by atoms with Gasteiger partial charge in [0.1, 0.15) is 0 Å². The molecule has 1 N–H and O–H groups in total. The van der Waals surface area contributed by atoms with Gasteiger partial charge in [0.15, 0.2) is 0 Å². The maximum Gasteiger partial charge on any atom is 0.251 e. The molecular weight excluding hydrogens is 348 g/mol. The van der Waals surface area contributed by atoms with E-state index in [1.165, 1.54) is 16.9 Å². The van der Waals surface area contributed by atoms with Crippen LogP contribution in [-0.4, -0.2) is 33.7 Å². The number of nitrogens with one attached hydrogen (secondary N) is 1. The topological polar surface area (TPSA) is 66.5 Å². The molecule has 6 heteroatoms. The molecule has 0 saturated heterocycles. The van der Waals surface area contributed by atoms with Crippen LogP contribution in [0.3, 0.4) is 0 Å². The normalized spacial score (nSPS) is 12.5. The quantitative estimate of drug-likeness (QED) is 0.810. The van der Waals surface area contributed by atoms with E-state index in [4.69, 9.17) is 0 Å². The average molecular weight is 375 g/mol. The van der Waals surface area contributed by atoms with Gasteiger partial charge in [-0.15, -0.1) is 0 Å². The lowest BCUT2D eigenvalue weighted by Crippen LogP contribution is -2.33. The molecule has 140 valence electrons. The summed E-state index contributed by atoms with van der Waals surface area (Å²) >= 11 is 0. The molecule has 0 aliphatic rings. The Labute approximate surface area is 156 Å². The van der Waals surface area contributed by atoms with Crippen molar-refractivity contribution in [2.24, 2.45) is 0 Å². The van der Waals surface area contributed by atoms with E-state index >= 15 is 0 Å². The molecule has 2 rings (SSSR count). The number of anilines is 1. The van der Waals surface area contributed by atoms with Gasteiger partial charge in [-0.1, -0.05) is 30.3 Å². The largest absolute Gasteiger partial charge is 0.350 e. The highest BCUT2D eigenvalue weighted by Gasteiger charge is 2.16. The molecule has 1 amide bonds. The molecule has 1 atom stereocenters. The van der Waals surface area contributed by atoms with Crippen LogP contribution in [0.2, 0.25) is 0 Å². The summed E-state index contributed by atoms with van der Waals surface area (Å²) < 4.78 is 24.6. The molecule has 0 aliphatic carbocycles. The van der Waals surface area contributed by atoms with Crippen LogP contribution in [0.25, 0.3) is 0 Å². The molecule has 0 aromatic heterocycles. The summed E-state index contributed by atoms with van der Waals surface area (Å²) in [6, 6.07) is 15.2.